The normalized spacial score (nSPS) is 12.7. The maximum atomic E-state index is 12.9. The predicted molar refractivity (Wildman–Crippen MR) is 65.3 cm³/mol. The van der Waals surface area contributed by atoms with Crippen molar-refractivity contribution < 1.29 is 9.30 Å². The van der Waals surface area contributed by atoms with Crippen LogP contribution in [-0.2, 0) is 9.30 Å². The van der Waals surface area contributed by atoms with Gasteiger partial charge in [-0.3, -0.25) is 4.57 Å². The molecule has 4 nitrogen and oxygen atoms in total. The standard InChI is InChI=1S/C10H25N2O2P/c1-6-11(7-2)15(13,10-14-5)12(8-3)9-4/h6-10H2,1-5H3. The summed E-state index contributed by atoms with van der Waals surface area (Å²) in [6.45, 7) is 11.3. The second-order valence-corrected chi connectivity index (χ2v) is 6.08. The Balaban J connectivity index is 4.92. The van der Waals surface area contributed by atoms with Gasteiger partial charge in [-0.15, -0.1) is 0 Å². The Labute approximate surface area is 94.1 Å². The van der Waals surface area contributed by atoms with Gasteiger partial charge in [0.15, 0.2) is 0 Å². The van der Waals surface area contributed by atoms with Crippen LogP contribution in [0.25, 0.3) is 0 Å². The summed E-state index contributed by atoms with van der Waals surface area (Å²) in [5.74, 6) is 0. The van der Waals surface area contributed by atoms with E-state index in [0.717, 1.165) is 26.2 Å². The molecule has 0 saturated carbocycles. The van der Waals surface area contributed by atoms with Crippen molar-refractivity contribution in [2.75, 3.05) is 39.6 Å². The molecule has 0 atom stereocenters. The third-order valence-electron chi connectivity index (χ3n) is 2.64. The van der Waals surface area contributed by atoms with Crippen LogP contribution in [-0.4, -0.2) is 49.0 Å². The highest BCUT2D eigenvalue weighted by molar-refractivity contribution is 7.58. The largest absolute Gasteiger partial charge is 0.374 e. The molecule has 0 radical (unpaired) electrons. The molecule has 0 aromatic carbocycles. The summed E-state index contributed by atoms with van der Waals surface area (Å²) in [4.78, 5) is 0. The molecule has 0 aromatic rings. The molecule has 0 aliphatic carbocycles. The van der Waals surface area contributed by atoms with E-state index in [1.54, 1.807) is 7.11 Å². The highest BCUT2D eigenvalue weighted by Crippen LogP contribution is 2.52. The van der Waals surface area contributed by atoms with E-state index in [1.165, 1.54) is 0 Å². The van der Waals surface area contributed by atoms with Crippen LogP contribution in [0.15, 0.2) is 0 Å². The minimum Gasteiger partial charge on any atom is -0.374 e. The summed E-state index contributed by atoms with van der Waals surface area (Å²) in [7, 11) is -0.884. The molecule has 0 spiro atoms. The van der Waals surface area contributed by atoms with Gasteiger partial charge in [-0.05, 0) is 0 Å². The molecule has 0 aliphatic heterocycles. The Kier molecular flexibility index (Phi) is 7.45. The van der Waals surface area contributed by atoms with Crippen LogP contribution >= 0.6 is 7.44 Å². The van der Waals surface area contributed by atoms with E-state index in [4.69, 9.17) is 4.74 Å². The molecule has 5 heteroatoms. The van der Waals surface area contributed by atoms with Gasteiger partial charge in [-0.1, -0.05) is 27.7 Å². The molecule has 15 heavy (non-hydrogen) atoms. The Morgan fingerprint density at radius 1 is 0.933 bits per heavy atom. The quantitative estimate of drug-likeness (QED) is 0.606. The fourth-order valence-corrected chi connectivity index (χ4v) is 4.63. The molecule has 0 bridgehead atoms. The van der Waals surface area contributed by atoms with E-state index >= 15 is 0 Å². The van der Waals surface area contributed by atoms with E-state index < -0.39 is 7.44 Å². The van der Waals surface area contributed by atoms with Gasteiger partial charge in [0.05, 0.1) is 0 Å². The van der Waals surface area contributed by atoms with Gasteiger partial charge in [-0.25, -0.2) is 9.34 Å². The lowest BCUT2D eigenvalue weighted by Crippen LogP contribution is -2.33. The van der Waals surface area contributed by atoms with Crippen LogP contribution in [0.4, 0.5) is 0 Å². The van der Waals surface area contributed by atoms with Crippen LogP contribution in [0, 0.1) is 0 Å². The van der Waals surface area contributed by atoms with Crippen molar-refractivity contribution in [1.29, 1.82) is 0 Å². The first kappa shape index (κ1) is 15.1. The SMILES string of the molecule is CCN(CC)P(=O)(COC)N(CC)CC. The van der Waals surface area contributed by atoms with Gasteiger partial charge < -0.3 is 4.74 Å². The summed E-state index contributed by atoms with van der Waals surface area (Å²) >= 11 is 0. The van der Waals surface area contributed by atoms with Gasteiger partial charge in [-0.2, -0.15) is 0 Å². The number of ether oxygens (including phenoxy) is 1. The molecule has 0 fully saturated rings. The predicted octanol–water partition coefficient (Wildman–Crippen LogP) is 2.47. The molecule has 92 valence electrons. The molecule has 0 aliphatic rings. The average Bonchev–Trinajstić information content (AvgIpc) is 2.21. The van der Waals surface area contributed by atoms with Crippen molar-refractivity contribution in [2.24, 2.45) is 0 Å². The van der Waals surface area contributed by atoms with E-state index in [1.807, 2.05) is 37.0 Å². The smallest absolute Gasteiger partial charge is 0.241 e. The number of hydrogen-bond acceptors (Lipinski definition) is 2. The summed E-state index contributed by atoms with van der Waals surface area (Å²) in [6.07, 6.45) is 0.316. The van der Waals surface area contributed by atoms with E-state index in [9.17, 15) is 4.57 Å². The van der Waals surface area contributed by atoms with Gasteiger partial charge in [0, 0.05) is 33.3 Å². The third-order valence-corrected chi connectivity index (χ3v) is 6.14. The topological polar surface area (TPSA) is 32.8 Å². The summed E-state index contributed by atoms with van der Waals surface area (Å²) in [6, 6.07) is 0. The fourth-order valence-electron chi connectivity index (χ4n) is 1.84. The molecule has 0 rings (SSSR count). The van der Waals surface area contributed by atoms with Crippen LogP contribution in [0.5, 0.6) is 0 Å². The number of rotatable bonds is 8. The zero-order chi connectivity index (χ0) is 11.9. The van der Waals surface area contributed by atoms with E-state index in [2.05, 4.69) is 0 Å². The average molecular weight is 236 g/mol. The third kappa shape index (κ3) is 3.56. The van der Waals surface area contributed by atoms with Gasteiger partial charge in [0.1, 0.15) is 6.35 Å². The highest BCUT2D eigenvalue weighted by Gasteiger charge is 2.33. The first-order valence-electron chi connectivity index (χ1n) is 5.69. The lowest BCUT2D eigenvalue weighted by molar-refractivity contribution is 0.224. The van der Waals surface area contributed by atoms with Gasteiger partial charge in [0.25, 0.3) is 0 Å². The second-order valence-electron chi connectivity index (χ2n) is 3.36. The van der Waals surface area contributed by atoms with Gasteiger partial charge in [0.2, 0.25) is 7.44 Å². The molecule has 0 aromatic heterocycles. The Hall–Kier alpha value is 0.110. The minimum atomic E-state index is -2.50. The maximum absolute atomic E-state index is 12.9. The van der Waals surface area contributed by atoms with Crippen molar-refractivity contribution in [3.8, 4) is 0 Å². The fraction of sp³-hybridized carbons (Fsp3) is 1.00. The van der Waals surface area contributed by atoms with Crippen LogP contribution < -0.4 is 0 Å². The van der Waals surface area contributed by atoms with Crippen molar-refractivity contribution in [2.45, 2.75) is 27.7 Å². The molecular formula is C10H25N2O2P. The van der Waals surface area contributed by atoms with Crippen LogP contribution in [0.3, 0.4) is 0 Å². The Morgan fingerprint density at radius 3 is 1.47 bits per heavy atom. The van der Waals surface area contributed by atoms with Crippen molar-refractivity contribution in [3.63, 3.8) is 0 Å². The molecule has 0 N–H and O–H groups in total. The van der Waals surface area contributed by atoms with E-state index in [-0.39, 0.29) is 0 Å². The lowest BCUT2D eigenvalue weighted by atomic mass is 10.7. The summed E-state index contributed by atoms with van der Waals surface area (Å²) in [5.41, 5.74) is 0. The Morgan fingerprint density at radius 2 is 1.27 bits per heavy atom. The van der Waals surface area contributed by atoms with Crippen molar-refractivity contribution in [1.82, 2.24) is 9.34 Å². The van der Waals surface area contributed by atoms with Gasteiger partial charge >= 0.3 is 0 Å². The zero-order valence-corrected chi connectivity index (χ0v) is 11.6. The molecule has 0 heterocycles. The molecule has 0 saturated heterocycles. The molecule has 0 amide bonds. The lowest BCUT2D eigenvalue weighted by Gasteiger charge is -2.36. The first-order valence-corrected chi connectivity index (χ1v) is 7.49. The summed E-state index contributed by atoms with van der Waals surface area (Å²) in [5, 5.41) is 0. The monoisotopic (exact) mass is 236 g/mol. The minimum absolute atomic E-state index is 0.316. The maximum Gasteiger partial charge on any atom is 0.241 e. The number of methoxy groups -OCH3 is 1. The number of nitrogens with zero attached hydrogens (tertiary/aromatic N) is 2. The summed E-state index contributed by atoms with van der Waals surface area (Å²) < 4.78 is 22.0. The van der Waals surface area contributed by atoms with Crippen molar-refractivity contribution >= 4 is 7.44 Å². The van der Waals surface area contributed by atoms with Crippen molar-refractivity contribution in [3.05, 3.63) is 0 Å². The van der Waals surface area contributed by atoms with Crippen LogP contribution in [0.1, 0.15) is 27.7 Å². The number of hydrogen-bond donors (Lipinski definition) is 0. The van der Waals surface area contributed by atoms with Crippen LogP contribution in [0.2, 0.25) is 0 Å². The highest BCUT2D eigenvalue weighted by atomic mass is 31.2. The van der Waals surface area contributed by atoms with E-state index in [0.29, 0.717) is 6.35 Å². The zero-order valence-electron chi connectivity index (χ0n) is 10.7. The molecule has 0 unspecified atom stereocenters. The molecular weight excluding hydrogens is 211 g/mol. The second kappa shape index (κ2) is 7.39. The Bertz CT molecular complexity index is 188. The first-order chi connectivity index (χ1) is 7.10.